The maximum Gasteiger partial charge on any atom is 0.172 e. The van der Waals surface area contributed by atoms with Crippen molar-refractivity contribution in [1.82, 2.24) is 0 Å². The molecule has 8 heteroatoms. The molecule has 0 aliphatic rings. The molecule has 0 aromatic heterocycles. The van der Waals surface area contributed by atoms with Crippen molar-refractivity contribution in [2.45, 2.75) is 50.8 Å². The second-order valence-corrected chi connectivity index (χ2v) is 9.64. The van der Waals surface area contributed by atoms with Gasteiger partial charge in [-0.3, -0.25) is 0 Å². The zero-order chi connectivity index (χ0) is 29.2. The molecule has 0 amide bonds. The van der Waals surface area contributed by atoms with Crippen LogP contribution in [-0.2, 0) is 45.4 Å². The van der Waals surface area contributed by atoms with Gasteiger partial charge >= 0.3 is 0 Å². The van der Waals surface area contributed by atoms with Gasteiger partial charge < -0.3 is 18.9 Å². The summed E-state index contributed by atoms with van der Waals surface area (Å²) < 4.78 is 25.0. The predicted octanol–water partition coefficient (Wildman–Crippen LogP) is 7.16. The van der Waals surface area contributed by atoms with Crippen molar-refractivity contribution < 1.29 is 18.9 Å². The van der Waals surface area contributed by atoms with Crippen LogP contribution < -0.4 is 0 Å². The van der Waals surface area contributed by atoms with E-state index in [9.17, 15) is 10.8 Å². The number of hydrogen-bond acceptors (Lipinski definition) is 6. The minimum atomic E-state index is -1.03. The van der Waals surface area contributed by atoms with Gasteiger partial charge in [-0.1, -0.05) is 126 Å². The molecule has 0 unspecified atom stereocenters. The summed E-state index contributed by atoms with van der Waals surface area (Å²) in [6, 6.07) is 40.1. The fraction of sp³-hybridized carbons (Fsp3) is 0.265. The van der Waals surface area contributed by atoms with Crippen molar-refractivity contribution in [1.29, 1.82) is 5.26 Å². The zero-order valence-electron chi connectivity index (χ0n) is 23.3. The van der Waals surface area contributed by atoms with Crippen LogP contribution in [0.15, 0.2) is 126 Å². The highest BCUT2D eigenvalue weighted by Crippen LogP contribution is 2.23. The Morgan fingerprint density at radius 1 is 0.595 bits per heavy atom. The van der Waals surface area contributed by atoms with Gasteiger partial charge in [0.2, 0.25) is 0 Å². The fourth-order valence-electron chi connectivity index (χ4n) is 4.41. The summed E-state index contributed by atoms with van der Waals surface area (Å²) in [5.41, 5.74) is 13.3. The number of hydrogen-bond donors (Lipinski definition) is 0. The largest absolute Gasteiger partial charge is 0.376 e. The number of nitrogens with zero attached hydrogens (tertiary/aromatic N) is 4. The monoisotopic (exact) mass is 562 g/mol. The molecule has 4 rings (SSSR count). The molecule has 4 aromatic rings. The second-order valence-electron chi connectivity index (χ2n) is 9.64. The first-order valence-corrected chi connectivity index (χ1v) is 13.8. The Hall–Kier alpha value is -4.48. The lowest BCUT2D eigenvalue weighted by Crippen LogP contribution is -2.49. The lowest BCUT2D eigenvalue weighted by Gasteiger charge is -2.34. The van der Waals surface area contributed by atoms with Gasteiger partial charge in [-0.2, -0.15) is 5.26 Å². The molecule has 8 nitrogen and oxygen atoms in total. The lowest BCUT2D eigenvalue weighted by atomic mass is 10.0. The van der Waals surface area contributed by atoms with Crippen LogP contribution in [-0.4, -0.2) is 31.0 Å². The number of ether oxygens (including phenoxy) is 4. The molecule has 0 saturated heterocycles. The Morgan fingerprint density at radius 2 is 1.00 bits per heavy atom. The summed E-state index contributed by atoms with van der Waals surface area (Å²) in [5.74, 6) is 0. The summed E-state index contributed by atoms with van der Waals surface area (Å²) in [7, 11) is 0. The summed E-state index contributed by atoms with van der Waals surface area (Å²) in [4.78, 5) is 3.10. The maximum atomic E-state index is 10.3. The van der Waals surface area contributed by atoms with Crippen molar-refractivity contribution in [3.05, 3.63) is 154 Å². The van der Waals surface area contributed by atoms with Crippen LogP contribution in [0, 0.1) is 11.3 Å². The molecule has 4 atom stereocenters. The van der Waals surface area contributed by atoms with Crippen molar-refractivity contribution >= 4 is 0 Å². The molecule has 0 saturated carbocycles. The molecular formula is C34H34N4O4. The van der Waals surface area contributed by atoms with Crippen LogP contribution in [0.4, 0.5) is 0 Å². The molecule has 0 heterocycles. The topological polar surface area (TPSA) is 109 Å². The Kier molecular flexibility index (Phi) is 12.6. The zero-order valence-corrected chi connectivity index (χ0v) is 23.3. The highest BCUT2D eigenvalue weighted by Gasteiger charge is 2.38. The molecular weight excluding hydrogens is 528 g/mol. The van der Waals surface area contributed by atoms with E-state index in [1.807, 2.05) is 121 Å². The van der Waals surface area contributed by atoms with Gasteiger partial charge in [0.15, 0.2) is 6.10 Å². The number of benzene rings is 4. The van der Waals surface area contributed by atoms with Gasteiger partial charge in [-0.25, -0.2) is 0 Å². The fourth-order valence-corrected chi connectivity index (χ4v) is 4.41. The summed E-state index contributed by atoms with van der Waals surface area (Å²) in [5, 5.41) is 14.4. The van der Waals surface area contributed by atoms with Crippen LogP contribution in [0.3, 0.4) is 0 Å². The maximum absolute atomic E-state index is 10.3. The van der Waals surface area contributed by atoms with Crippen LogP contribution >= 0.6 is 0 Å². The molecule has 0 radical (unpaired) electrons. The lowest BCUT2D eigenvalue weighted by molar-refractivity contribution is -0.147. The first-order valence-electron chi connectivity index (χ1n) is 13.8. The van der Waals surface area contributed by atoms with Gasteiger partial charge in [-0.05, 0) is 27.8 Å². The van der Waals surface area contributed by atoms with Crippen LogP contribution in [0.2, 0.25) is 0 Å². The minimum Gasteiger partial charge on any atom is -0.376 e. The van der Waals surface area contributed by atoms with E-state index in [2.05, 4.69) is 16.1 Å². The van der Waals surface area contributed by atoms with Gasteiger partial charge in [0, 0.05) is 4.91 Å². The minimum absolute atomic E-state index is 0.0560. The third kappa shape index (κ3) is 9.86. The van der Waals surface area contributed by atoms with E-state index >= 15 is 0 Å². The predicted molar refractivity (Wildman–Crippen MR) is 160 cm³/mol. The quantitative estimate of drug-likeness (QED) is 0.0770. The van der Waals surface area contributed by atoms with Gasteiger partial charge in [0.25, 0.3) is 0 Å². The first-order chi connectivity index (χ1) is 20.8. The van der Waals surface area contributed by atoms with E-state index < -0.39 is 24.4 Å². The van der Waals surface area contributed by atoms with E-state index in [-0.39, 0.29) is 26.4 Å². The Balaban J connectivity index is 1.61. The standard InChI is InChI=1S/C34H34N4O4/c35-21-32(40-23-28-15-7-2-8-16-28)34(42-25-30-19-11-4-12-20-30)33(41-24-29-17-9-3-10-18-29)31(37-38-36)26-39-22-27-13-5-1-6-14-27/h1-20,31-34H,22-26H2/t31-,32+,33-,34-/m1/s1. The molecule has 214 valence electrons. The smallest absolute Gasteiger partial charge is 0.172 e. The second kappa shape index (κ2) is 17.4. The number of nitriles is 1. The van der Waals surface area contributed by atoms with Crippen LogP contribution in [0.1, 0.15) is 22.3 Å². The number of azide groups is 1. The van der Waals surface area contributed by atoms with E-state index in [0.717, 1.165) is 22.3 Å². The molecule has 0 aliphatic heterocycles. The van der Waals surface area contributed by atoms with Gasteiger partial charge in [-0.15, -0.1) is 0 Å². The summed E-state index contributed by atoms with van der Waals surface area (Å²) in [6.45, 7) is 0.999. The van der Waals surface area contributed by atoms with Gasteiger partial charge in [0.1, 0.15) is 6.10 Å². The van der Waals surface area contributed by atoms with Crippen molar-refractivity contribution in [2.24, 2.45) is 5.11 Å². The van der Waals surface area contributed by atoms with Gasteiger partial charge in [0.05, 0.1) is 51.2 Å². The SMILES string of the molecule is N#C[C@H](OCc1ccccc1)[C@@H](OCc1ccccc1)[C@H](OCc1ccccc1)[C@@H](COCc1ccccc1)N=[N+]=[N-]. The van der Waals surface area contributed by atoms with E-state index in [1.165, 1.54) is 0 Å². The Bertz CT molecular complexity index is 1400. The molecule has 4 aromatic carbocycles. The molecule has 0 bridgehead atoms. The molecule has 0 N–H and O–H groups in total. The van der Waals surface area contributed by atoms with E-state index in [1.54, 1.807) is 0 Å². The first kappa shape index (κ1) is 30.5. The molecule has 0 spiro atoms. The van der Waals surface area contributed by atoms with E-state index in [4.69, 9.17) is 18.9 Å². The third-order valence-electron chi connectivity index (χ3n) is 6.57. The molecule has 0 fully saturated rings. The van der Waals surface area contributed by atoms with Crippen LogP contribution in [0.25, 0.3) is 10.4 Å². The van der Waals surface area contributed by atoms with Crippen LogP contribution in [0.5, 0.6) is 0 Å². The highest BCUT2D eigenvalue weighted by atomic mass is 16.6. The highest BCUT2D eigenvalue weighted by molar-refractivity contribution is 5.16. The average molecular weight is 563 g/mol. The summed E-state index contributed by atoms with van der Waals surface area (Å²) in [6.07, 6.45) is -2.79. The normalized spacial score (nSPS) is 13.7. The summed E-state index contributed by atoms with van der Waals surface area (Å²) >= 11 is 0. The Morgan fingerprint density at radius 3 is 1.43 bits per heavy atom. The van der Waals surface area contributed by atoms with Crippen molar-refractivity contribution in [2.75, 3.05) is 6.61 Å². The van der Waals surface area contributed by atoms with Crippen molar-refractivity contribution in [3.63, 3.8) is 0 Å². The number of rotatable bonds is 17. The Labute approximate surface area is 246 Å². The van der Waals surface area contributed by atoms with Crippen molar-refractivity contribution in [3.8, 4) is 6.07 Å². The average Bonchev–Trinajstić information content (AvgIpc) is 3.05. The molecule has 0 aliphatic carbocycles. The molecule has 42 heavy (non-hydrogen) atoms. The van der Waals surface area contributed by atoms with E-state index in [0.29, 0.717) is 6.61 Å². The third-order valence-corrected chi connectivity index (χ3v) is 6.57.